The molecule has 1 N–H and O–H groups in total. The van der Waals surface area contributed by atoms with Crippen LogP contribution in [-0.2, 0) is 0 Å². The Morgan fingerprint density at radius 3 is 2.65 bits per heavy atom. The Balaban J connectivity index is 1.69. The minimum absolute atomic E-state index is 0.366. The fourth-order valence-corrected chi connectivity index (χ4v) is 3.99. The number of aryl methyl sites for hydroxylation is 1. The summed E-state index contributed by atoms with van der Waals surface area (Å²) in [4.78, 5) is 7.14. The number of para-hydroxylation sites is 1. The fraction of sp³-hybridized carbons (Fsp3) is 0.588. The molecule has 0 aromatic heterocycles. The molecule has 3 rings (SSSR count). The van der Waals surface area contributed by atoms with Gasteiger partial charge in [0.1, 0.15) is 5.75 Å². The first-order chi connectivity index (χ1) is 9.56. The van der Waals surface area contributed by atoms with Gasteiger partial charge in [0, 0.05) is 17.8 Å². The molecule has 2 aliphatic rings. The number of benzene rings is 1. The van der Waals surface area contributed by atoms with Gasteiger partial charge in [-0.15, -0.1) is 0 Å². The molecular formula is C17H24N2O. The van der Waals surface area contributed by atoms with Crippen LogP contribution in [0, 0.1) is 18.8 Å². The second-order valence-electron chi connectivity index (χ2n) is 6.62. The molecule has 4 atom stereocenters. The summed E-state index contributed by atoms with van der Waals surface area (Å²) >= 11 is 0. The van der Waals surface area contributed by atoms with Gasteiger partial charge in [0.25, 0.3) is 0 Å². The summed E-state index contributed by atoms with van der Waals surface area (Å²) in [5, 5.41) is 10.0. The van der Waals surface area contributed by atoms with Gasteiger partial charge in [0.05, 0.1) is 6.04 Å². The number of phenols is 1. The topological polar surface area (TPSA) is 35.8 Å². The highest BCUT2D eigenvalue weighted by atomic mass is 16.3. The van der Waals surface area contributed by atoms with E-state index in [0.29, 0.717) is 11.8 Å². The lowest BCUT2D eigenvalue weighted by molar-refractivity contribution is 0.202. The lowest BCUT2D eigenvalue weighted by atomic mass is 9.91. The van der Waals surface area contributed by atoms with E-state index in [4.69, 9.17) is 4.99 Å². The van der Waals surface area contributed by atoms with Gasteiger partial charge in [0.2, 0.25) is 0 Å². The van der Waals surface area contributed by atoms with Crippen molar-refractivity contribution in [2.75, 3.05) is 14.1 Å². The van der Waals surface area contributed by atoms with Crippen LogP contribution < -0.4 is 0 Å². The van der Waals surface area contributed by atoms with Gasteiger partial charge in [-0.05, 0) is 63.7 Å². The van der Waals surface area contributed by atoms with Crippen LogP contribution in [0.4, 0.5) is 0 Å². The molecule has 108 valence electrons. The first-order valence-electron chi connectivity index (χ1n) is 7.54. The van der Waals surface area contributed by atoms with Gasteiger partial charge < -0.3 is 10.0 Å². The van der Waals surface area contributed by atoms with Crippen molar-refractivity contribution in [2.45, 2.75) is 38.3 Å². The van der Waals surface area contributed by atoms with Gasteiger partial charge in [-0.2, -0.15) is 0 Å². The fourth-order valence-electron chi connectivity index (χ4n) is 3.99. The zero-order valence-electron chi connectivity index (χ0n) is 12.6. The highest BCUT2D eigenvalue weighted by Crippen LogP contribution is 2.47. The Labute approximate surface area is 121 Å². The number of aliphatic imine (C=N–C) groups is 1. The van der Waals surface area contributed by atoms with E-state index in [0.717, 1.165) is 29.0 Å². The predicted molar refractivity (Wildman–Crippen MR) is 82.5 cm³/mol. The molecule has 1 aromatic carbocycles. The van der Waals surface area contributed by atoms with Crippen molar-refractivity contribution in [1.29, 1.82) is 0 Å². The number of hydrogen-bond acceptors (Lipinski definition) is 3. The van der Waals surface area contributed by atoms with Crippen molar-refractivity contribution < 1.29 is 5.11 Å². The molecule has 20 heavy (non-hydrogen) atoms. The lowest BCUT2D eigenvalue weighted by Gasteiger charge is -2.30. The van der Waals surface area contributed by atoms with Crippen molar-refractivity contribution >= 4 is 6.21 Å². The van der Waals surface area contributed by atoms with Gasteiger partial charge in [0.15, 0.2) is 0 Å². The Bertz CT molecular complexity index is 524. The summed E-state index contributed by atoms with van der Waals surface area (Å²) < 4.78 is 0. The Morgan fingerprint density at radius 1 is 1.20 bits per heavy atom. The Hall–Kier alpha value is -1.35. The molecule has 0 heterocycles. The molecule has 0 aliphatic heterocycles. The highest BCUT2D eigenvalue weighted by Gasteiger charge is 2.46. The third-order valence-electron chi connectivity index (χ3n) is 5.12. The van der Waals surface area contributed by atoms with Crippen molar-refractivity contribution in [3.05, 3.63) is 29.3 Å². The monoisotopic (exact) mass is 272 g/mol. The molecule has 4 unspecified atom stereocenters. The molecule has 2 bridgehead atoms. The zero-order valence-corrected chi connectivity index (χ0v) is 12.6. The first kappa shape index (κ1) is 13.6. The van der Waals surface area contributed by atoms with Crippen LogP contribution in [0.3, 0.4) is 0 Å². The summed E-state index contributed by atoms with van der Waals surface area (Å²) in [7, 11) is 4.38. The van der Waals surface area contributed by atoms with E-state index < -0.39 is 0 Å². The maximum Gasteiger partial charge on any atom is 0.127 e. The average molecular weight is 272 g/mol. The SMILES string of the molecule is Cc1cccc(C=NC2CC3CC2CC3N(C)C)c1O. The highest BCUT2D eigenvalue weighted by molar-refractivity contribution is 5.84. The molecular weight excluding hydrogens is 248 g/mol. The van der Waals surface area contributed by atoms with E-state index in [-0.39, 0.29) is 0 Å². The average Bonchev–Trinajstić information content (AvgIpc) is 3.00. The van der Waals surface area contributed by atoms with E-state index in [1.807, 2.05) is 31.3 Å². The number of rotatable bonds is 3. The summed E-state index contributed by atoms with van der Waals surface area (Å²) in [6.07, 6.45) is 5.68. The molecule has 3 nitrogen and oxygen atoms in total. The number of fused-ring (bicyclic) bond motifs is 2. The molecule has 0 radical (unpaired) electrons. The molecule has 2 aliphatic carbocycles. The lowest BCUT2D eigenvalue weighted by Crippen LogP contribution is -2.35. The molecule has 0 spiro atoms. The van der Waals surface area contributed by atoms with Crippen LogP contribution in [0.2, 0.25) is 0 Å². The van der Waals surface area contributed by atoms with Gasteiger partial charge in [-0.1, -0.05) is 12.1 Å². The number of hydrogen-bond donors (Lipinski definition) is 1. The third kappa shape index (κ3) is 2.35. The van der Waals surface area contributed by atoms with Crippen LogP contribution >= 0.6 is 0 Å². The summed E-state index contributed by atoms with van der Waals surface area (Å²) in [6, 6.07) is 7.03. The van der Waals surface area contributed by atoms with Crippen molar-refractivity contribution in [3.63, 3.8) is 0 Å². The van der Waals surface area contributed by atoms with E-state index in [9.17, 15) is 5.11 Å². The molecule has 1 aromatic rings. The zero-order chi connectivity index (χ0) is 14.3. The van der Waals surface area contributed by atoms with Crippen molar-refractivity contribution in [2.24, 2.45) is 16.8 Å². The van der Waals surface area contributed by atoms with Crippen LogP contribution in [0.5, 0.6) is 5.75 Å². The number of aromatic hydroxyl groups is 1. The maximum atomic E-state index is 10.0. The molecule has 3 heteroatoms. The van der Waals surface area contributed by atoms with Crippen molar-refractivity contribution in [1.82, 2.24) is 4.90 Å². The molecule has 0 amide bonds. The minimum Gasteiger partial charge on any atom is -0.507 e. The van der Waals surface area contributed by atoms with Crippen LogP contribution in [-0.4, -0.2) is 42.4 Å². The summed E-state index contributed by atoms with van der Waals surface area (Å²) in [5.74, 6) is 1.91. The second-order valence-corrected chi connectivity index (χ2v) is 6.62. The quantitative estimate of drug-likeness (QED) is 0.859. The number of phenolic OH excluding ortho intramolecular Hbond substituents is 1. The van der Waals surface area contributed by atoms with Gasteiger partial charge >= 0.3 is 0 Å². The minimum atomic E-state index is 0.366. The van der Waals surface area contributed by atoms with E-state index in [1.165, 1.54) is 19.3 Å². The van der Waals surface area contributed by atoms with Crippen molar-refractivity contribution in [3.8, 4) is 5.75 Å². The molecule has 2 saturated carbocycles. The van der Waals surface area contributed by atoms with Crippen LogP contribution in [0.25, 0.3) is 0 Å². The van der Waals surface area contributed by atoms with E-state index in [1.54, 1.807) is 0 Å². The van der Waals surface area contributed by atoms with Crippen LogP contribution in [0.1, 0.15) is 30.4 Å². The normalized spacial score (nSPS) is 32.6. The van der Waals surface area contributed by atoms with Gasteiger partial charge in [-0.25, -0.2) is 0 Å². The largest absolute Gasteiger partial charge is 0.507 e. The molecule has 2 fully saturated rings. The van der Waals surface area contributed by atoms with Crippen LogP contribution in [0.15, 0.2) is 23.2 Å². The third-order valence-corrected chi connectivity index (χ3v) is 5.12. The second kappa shape index (κ2) is 5.21. The van der Waals surface area contributed by atoms with E-state index >= 15 is 0 Å². The Kier molecular flexibility index (Phi) is 3.55. The number of nitrogens with zero attached hydrogens (tertiary/aromatic N) is 2. The Morgan fingerprint density at radius 2 is 2.00 bits per heavy atom. The summed E-state index contributed by atoms with van der Waals surface area (Å²) in [5.41, 5.74) is 1.76. The predicted octanol–water partition coefficient (Wildman–Crippen LogP) is 2.85. The molecule has 0 saturated heterocycles. The first-order valence-corrected chi connectivity index (χ1v) is 7.54. The smallest absolute Gasteiger partial charge is 0.127 e. The standard InChI is InChI=1S/C17H24N2O/c1-11-5-4-6-12(17(11)20)10-18-15-8-14-7-13(15)9-16(14)19(2)3/h4-6,10,13-16,20H,7-9H2,1-3H3. The van der Waals surface area contributed by atoms with Gasteiger partial charge in [-0.3, -0.25) is 4.99 Å². The van der Waals surface area contributed by atoms with E-state index in [2.05, 4.69) is 19.0 Å². The maximum absolute atomic E-state index is 10.0. The summed E-state index contributed by atoms with van der Waals surface area (Å²) in [6.45, 7) is 1.92.